The zero-order chi connectivity index (χ0) is 21.8. The second kappa shape index (κ2) is 12.3. The van der Waals surface area contributed by atoms with E-state index in [2.05, 4.69) is 5.32 Å². The predicted molar refractivity (Wildman–Crippen MR) is 117 cm³/mol. The van der Waals surface area contributed by atoms with E-state index in [9.17, 15) is 9.59 Å². The molecule has 1 N–H and O–H groups in total. The molecule has 30 heavy (non-hydrogen) atoms. The second-order valence-electron chi connectivity index (χ2n) is 6.75. The van der Waals surface area contributed by atoms with E-state index in [1.165, 1.54) is 5.56 Å². The number of ether oxygens (including phenoxy) is 3. The third kappa shape index (κ3) is 7.99. The summed E-state index contributed by atoms with van der Waals surface area (Å²) < 4.78 is 15.9. The molecule has 0 bridgehead atoms. The molecule has 0 aromatic heterocycles. The van der Waals surface area contributed by atoms with Crippen molar-refractivity contribution in [3.63, 3.8) is 0 Å². The first-order chi connectivity index (χ1) is 14.5. The number of hydrogen-bond acceptors (Lipinski definition) is 5. The molecule has 160 valence electrons. The Morgan fingerprint density at radius 1 is 1.07 bits per heavy atom. The number of methoxy groups -OCH3 is 1. The highest BCUT2D eigenvalue weighted by Crippen LogP contribution is 2.28. The maximum Gasteiger partial charge on any atom is 0.344 e. The minimum atomic E-state index is -0.511. The van der Waals surface area contributed by atoms with Crippen LogP contribution in [0.4, 0.5) is 0 Å². The number of hydrogen-bond donors (Lipinski definition) is 1. The van der Waals surface area contributed by atoms with E-state index >= 15 is 0 Å². The number of carbonyl (C=O) groups excluding carboxylic acids is 2. The Morgan fingerprint density at radius 2 is 1.83 bits per heavy atom. The highest BCUT2D eigenvalue weighted by molar-refractivity contribution is 5.76. The minimum Gasteiger partial charge on any atom is -0.493 e. The van der Waals surface area contributed by atoms with Gasteiger partial charge in [0.05, 0.1) is 13.7 Å². The normalized spacial score (nSPS) is 10.6. The van der Waals surface area contributed by atoms with Crippen molar-refractivity contribution in [2.45, 2.75) is 26.7 Å². The van der Waals surface area contributed by atoms with Gasteiger partial charge in [0.15, 0.2) is 18.1 Å². The van der Waals surface area contributed by atoms with Gasteiger partial charge in [-0.3, -0.25) is 4.79 Å². The van der Waals surface area contributed by atoms with Gasteiger partial charge >= 0.3 is 5.97 Å². The highest BCUT2D eigenvalue weighted by atomic mass is 16.6. The van der Waals surface area contributed by atoms with Crippen LogP contribution in [0.5, 0.6) is 11.5 Å². The quantitative estimate of drug-likeness (QED) is 0.451. The van der Waals surface area contributed by atoms with Crippen molar-refractivity contribution in [1.82, 2.24) is 5.32 Å². The lowest BCUT2D eigenvalue weighted by Gasteiger charge is -2.11. The molecule has 0 saturated heterocycles. The molecule has 0 fully saturated rings. The molecule has 0 saturated carbocycles. The SMILES string of the molecule is C/C=C/c1ccc(OCC(=O)OCCNC(=O)CCc2ccc(C)cc2)c(OC)c1. The fraction of sp³-hybridized carbons (Fsp3) is 0.333. The van der Waals surface area contributed by atoms with Gasteiger partial charge in [-0.05, 0) is 43.5 Å². The number of carbonyl (C=O) groups is 2. The summed E-state index contributed by atoms with van der Waals surface area (Å²) in [5, 5.41) is 2.75. The van der Waals surface area contributed by atoms with Gasteiger partial charge in [0, 0.05) is 6.42 Å². The standard InChI is InChI=1S/C24H29NO5/c1-4-5-20-10-12-21(22(16-20)28-3)30-17-24(27)29-15-14-25-23(26)13-11-19-8-6-18(2)7-9-19/h4-10,12,16H,11,13-15,17H2,1-3H3,(H,25,26)/b5-4+. The molecule has 0 spiro atoms. The first-order valence-electron chi connectivity index (χ1n) is 9.93. The zero-order valence-corrected chi connectivity index (χ0v) is 17.8. The maximum absolute atomic E-state index is 11.9. The minimum absolute atomic E-state index is 0.0752. The zero-order valence-electron chi connectivity index (χ0n) is 17.8. The van der Waals surface area contributed by atoms with E-state index in [1.807, 2.05) is 62.4 Å². The van der Waals surface area contributed by atoms with Crippen LogP contribution in [-0.4, -0.2) is 38.7 Å². The van der Waals surface area contributed by atoms with E-state index in [1.54, 1.807) is 13.2 Å². The summed E-state index contributed by atoms with van der Waals surface area (Å²) in [5.74, 6) is 0.420. The highest BCUT2D eigenvalue weighted by Gasteiger charge is 2.09. The van der Waals surface area contributed by atoms with Crippen LogP contribution in [0.3, 0.4) is 0 Å². The second-order valence-corrected chi connectivity index (χ2v) is 6.75. The van der Waals surface area contributed by atoms with Gasteiger partial charge < -0.3 is 19.5 Å². The number of esters is 1. The Bertz CT molecular complexity index is 858. The number of benzene rings is 2. The number of allylic oxidation sites excluding steroid dienone is 1. The van der Waals surface area contributed by atoms with Crippen LogP contribution < -0.4 is 14.8 Å². The van der Waals surface area contributed by atoms with Gasteiger partial charge in [0.2, 0.25) is 5.91 Å². The van der Waals surface area contributed by atoms with Gasteiger partial charge in [-0.1, -0.05) is 48.0 Å². The van der Waals surface area contributed by atoms with Crippen LogP contribution >= 0.6 is 0 Å². The maximum atomic E-state index is 11.9. The van der Waals surface area contributed by atoms with E-state index < -0.39 is 5.97 Å². The van der Waals surface area contributed by atoms with Crippen LogP contribution in [0, 0.1) is 6.92 Å². The molecular formula is C24H29NO5. The average Bonchev–Trinajstić information content (AvgIpc) is 2.75. The Labute approximate surface area is 177 Å². The lowest BCUT2D eigenvalue weighted by Crippen LogP contribution is -2.29. The number of aryl methyl sites for hydroxylation is 2. The van der Waals surface area contributed by atoms with Crippen molar-refractivity contribution in [2.24, 2.45) is 0 Å². The molecule has 2 rings (SSSR count). The Kier molecular flexibility index (Phi) is 9.45. The first kappa shape index (κ1) is 23.0. The molecule has 0 aliphatic rings. The molecular weight excluding hydrogens is 382 g/mol. The fourth-order valence-corrected chi connectivity index (χ4v) is 2.73. The van der Waals surface area contributed by atoms with Crippen LogP contribution in [0.25, 0.3) is 6.08 Å². The molecule has 0 aliphatic carbocycles. The summed E-state index contributed by atoms with van der Waals surface area (Å²) in [6.45, 7) is 4.08. The first-order valence-corrected chi connectivity index (χ1v) is 9.93. The van der Waals surface area contributed by atoms with Crippen molar-refractivity contribution in [1.29, 1.82) is 0 Å². The van der Waals surface area contributed by atoms with Crippen molar-refractivity contribution < 1.29 is 23.8 Å². The molecule has 1 amide bonds. The van der Waals surface area contributed by atoms with Crippen molar-refractivity contribution in [3.8, 4) is 11.5 Å². The molecule has 2 aromatic carbocycles. The van der Waals surface area contributed by atoms with Gasteiger partial charge in [0.1, 0.15) is 6.61 Å². The van der Waals surface area contributed by atoms with Gasteiger partial charge in [-0.2, -0.15) is 0 Å². The molecule has 6 heteroatoms. The molecule has 2 aromatic rings. The fourth-order valence-electron chi connectivity index (χ4n) is 2.73. The van der Waals surface area contributed by atoms with Crippen LogP contribution in [0.2, 0.25) is 0 Å². The summed E-state index contributed by atoms with van der Waals surface area (Å²) in [7, 11) is 1.54. The summed E-state index contributed by atoms with van der Waals surface area (Å²) in [5.41, 5.74) is 3.29. The van der Waals surface area contributed by atoms with E-state index in [4.69, 9.17) is 14.2 Å². The third-order valence-electron chi connectivity index (χ3n) is 4.34. The molecule has 0 heterocycles. The molecule has 0 aliphatic heterocycles. The van der Waals surface area contributed by atoms with E-state index in [0.29, 0.717) is 24.3 Å². The summed E-state index contributed by atoms with van der Waals surface area (Å²) in [4.78, 5) is 23.7. The predicted octanol–water partition coefficient (Wildman–Crippen LogP) is 3.71. The third-order valence-corrected chi connectivity index (χ3v) is 4.34. The molecule has 0 unspecified atom stereocenters. The Morgan fingerprint density at radius 3 is 2.53 bits per heavy atom. The monoisotopic (exact) mass is 411 g/mol. The lowest BCUT2D eigenvalue weighted by molar-refractivity contribution is -0.146. The summed E-state index contributed by atoms with van der Waals surface area (Å²) in [6.07, 6.45) is 4.93. The topological polar surface area (TPSA) is 73.9 Å². The van der Waals surface area contributed by atoms with Crippen molar-refractivity contribution in [3.05, 3.63) is 65.2 Å². The summed E-state index contributed by atoms with van der Waals surface area (Å²) >= 11 is 0. The van der Waals surface area contributed by atoms with Crippen LogP contribution in [-0.2, 0) is 20.7 Å². The van der Waals surface area contributed by atoms with Crippen molar-refractivity contribution in [2.75, 3.05) is 26.9 Å². The smallest absolute Gasteiger partial charge is 0.344 e. The molecule has 0 radical (unpaired) electrons. The molecule has 6 nitrogen and oxygen atoms in total. The number of nitrogens with one attached hydrogen (secondary N) is 1. The Hall–Kier alpha value is -3.28. The average molecular weight is 411 g/mol. The Balaban J connectivity index is 1.64. The van der Waals surface area contributed by atoms with E-state index in [0.717, 1.165) is 11.1 Å². The number of amides is 1. The van der Waals surface area contributed by atoms with E-state index in [-0.39, 0.29) is 25.7 Å². The van der Waals surface area contributed by atoms with Gasteiger partial charge in [-0.25, -0.2) is 4.79 Å². The lowest BCUT2D eigenvalue weighted by atomic mass is 10.1. The summed E-state index contributed by atoms with van der Waals surface area (Å²) in [6, 6.07) is 13.5. The van der Waals surface area contributed by atoms with Crippen LogP contribution in [0.15, 0.2) is 48.5 Å². The largest absolute Gasteiger partial charge is 0.493 e. The number of rotatable bonds is 11. The van der Waals surface area contributed by atoms with Crippen LogP contribution in [0.1, 0.15) is 30.0 Å². The van der Waals surface area contributed by atoms with Gasteiger partial charge in [-0.15, -0.1) is 0 Å². The van der Waals surface area contributed by atoms with Gasteiger partial charge in [0.25, 0.3) is 0 Å². The molecule has 0 atom stereocenters. The van der Waals surface area contributed by atoms with Crippen molar-refractivity contribution >= 4 is 18.0 Å².